The van der Waals surface area contributed by atoms with Gasteiger partial charge >= 0.3 is 6.01 Å². The first-order chi connectivity index (χ1) is 5.27. The minimum atomic E-state index is -0.462. The number of fused-ring (bicyclic) bond motifs is 1. The Hall–Kier alpha value is -1.78. The Morgan fingerprint density at radius 1 is 1.27 bits per heavy atom. The van der Waals surface area contributed by atoms with Gasteiger partial charge in [0.1, 0.15) is 5.52 Å². The molecule has 56 valence electrons. The van der Waals surface area contributed by atoms with E-state index in [-0.39, 0.29) is 11.5 Å². The van der Waals surface area contributed by atoms with Crippen LogP contribution in [0.2, 0.25) is 0 Å². The third-order valence-corrected chi connectivity index (χ3v) is 1.27. The second-order valence-electron chi connectivity index (χ2n) is 1.98. The molecule has 2 N–H and O–H groups in total. The molecule has 5 heteroatoms. The van der Waals surface area contributed by atoms with Gasteiger partial charge in [-0.25, -0.2) is 0 Å². The lowest BCUT2D eigenvalue weighted by Gasteiger charge is -1.91. The average Bonchev–Trinajstić information content (AvgIpc) is 2.34. The second-order valence-corrected chi connectivity index (χ2v) is 1.98. The van der Waals surface area contributed by atoms with Gasteiger partial charge in [0.25, 0.3) is 5.88 Å². The Kier molecular flexibility index (Phi) is 1.00. The second kappa shape index (κ2) is 1.85. The number of nitrogens with zero attached hydrogens (tertiary/aromatic N) is 2. The van der Waals surface area contributed by atoms with E-state index in [2.05, 4.69) is 9.97 Å². The Labute approximate surface area is 60.9 Å². The van der Waals surface area contributed by atoms with Crippen molar-refractivity contribution in [3.63, 3.8) is 0 Å². The molecule has 0 aromatic carbocycles. The van der Waals surface area contributed by atoms with Crippen LogP contribution in [0.3, 0.4) is 0 Å². The lowest BCUT2D eigenvalue weighted by Crippen LogP contribution is -1.80. The first-order valence-corrected chi connectivity index (χ1v) is 2.90. The summed E-state index contributed by atoms with van der Waals surface area (Å²) in [6.45, 7) is 0. The monoisotopic (exact) mass is 152 g/mol. The Morgan fingerprint density at radius 3 is 2.91 bits per heavy atom. The van der Waals surface area contributed by atoms with Gasteiger partial charge in [-0.15, -0.1) is 0 Å². The van der Waals surface area contributed by atoms with Gasteiger partial charge in [-0.1, -0.05) is 0 Å². The number of hydrogen-bond donors (Lipinski definition) is 2. The summed E-state index contributed by atoms with van der Waals surface area (Å²) in [5, 5.41) is 17.8. The molecule has 2 rings (SSSR count). The molecule has 0 bridgehead atoms. The van der Waals surface area contributed by atoms with Gasteiger partial charge in [-0.05, 0) is 0 Å². The highest BCUT2D eigenvalue weighted by Gasteiger charge is 2.07. The van der Waals surface area contributed by atoms with Crippen LogP contribution in [0, 0.1) is 0 Å². The number of aromatic nitrogens is 2. The van der Waals surface area contributed by atoms with Crippen molar-refractivity contribution in [3.05, 3.63) is 12.3 Å². The first-order valence-electron chi connectivity index (χ1n) is 2.90. The highest BCUT2D eigenvalue weighted by molar-refractivity contribution is 5.76. The van der Waals surface area contributed by atoms with Crippen LogP contribution >= 0.6 is 0 Å². The van der Waals surface area contributed by atoms with E-state index < -0.39 is 6.01 Å². The SMILES string of the molecule is Oc1nc(O)c2occc2n1. The topological polar surface area (TPSA) is 79.4 Å². The van der Waals surface area contributed by atoms with Crippen molar-refractivity contribution in [1.29, 1.82) is 0 Å². The number of aromatic hydroxyl groups is 2. The van der Waals surface area contributed by atoms with Gasteiger partial charge in [0.15, 0.2) is 0 Å². The fourth-order valence-corrected chi connectivity index (χ4v) is 0.836. The van der Waals surface area contributed by atoms with E-state index in [1.165, 1.54) is 12.3 Å². The fourth-order valence-electron chi connectivity index (χ4n) is 0.836. The molecule has 2 aromatic rings. The molecular weight excluding hydrogens is 148 g/mol. The summed E-state index contributed by atoms with van der Waals surface area (Å²) in [7, 11) is 0. The van der Waals surface area contributed by atoms with E-state index in [1.807, 2.05) is 0 Å². The molecule has 5 nitrogen and oxygen atoms in total. The summed E-state index contributed by atoms with van der Waals surface area (Å²) in [5.74, 6) is -0.350. The summed E-state index contributed by atoms with van der Waals surface area (Å²) >= 11 is 0. The Balaban J connectivity index is 2.91. The van der Waals surface area contributed by atoms with Crippen LogP contribution in [0.4, 0.5) is 0 Å². The van der Waals surface area contributed by atoms with Crippen LogP contribution in [-0.2, 0) is 0 Å². The quantitative estimate of drug-likeness (QED) is 0.578. The normalized spacial score (nSPS) is 10.5. The molecule has 0 atom stereocenters. The van der Waals surface area contributed by atoms with Crippen LogP contribution < -0.4 is 0 Å². The highest BCUT2D eigenvalue weighted by atomic mass is 16.4. The third-order valence-electron chi connectivity index (χ3n) is 1.27. The minimum absolute atomic E-state index is 0.183. The van der Waals surface area contributed by atoms with Gasteiger partial charge in [-0.3, -0.25) is 0 Å². The zero-order valence-electron chi connectivity index (χ0n) is 5.35. The van der Waals surface area contributed by atoms with Crippen molar-refractivity contribution in [2.45, 2.75) is 0 Å². The maximum atomic E-state index is 9.04. The molecule has 0 fully saturated rings. The number of hydrogen-bond acceptors (Lipinski definition) is 5. The molecule has 0 spiro atoms. The van der Waals surface area contributed by atoms with Crippen molar-refractivity contribution < 1.29 is 14.6 Å². The molecule has 0 aliphatic carbocycles. The van der Waals surface area contributed by atoms with Gasteiger partial charge in [-0.2, -0.15) is 9.97 Å². The van der Waals surface area contributed by atoms with Gasteiger partial charge in [0.2, 0.25) is 5.58 Å². The molecule has 0 saturated carbocycles. The zero-order valence-corrected chi connectivity index (χ0v) is 5.35. The van der Waals surface area contributed by atoms with E-state index in [0.29, 0.717) is 5.52 Å². The summed E-state index contributed by atoms with van der Waals surface area (Å²) in [6, 6.07) is 1.06. The highest BCUT2D eigenvalue weighted by Crippen LogP contribution is 2.23. The fraction of sp³-hybridized carbons (Fsp3) is 0. The minimum Gasteiger partial charge on any atom is -0.490 e. The zero-order chi connectivity index (χ0) is 7.84. The van der Waals surface area contributed by atoms with E-state index >= 15 is 0 Å². The largest absolute Gasteiger partial charge is 0.490 e. The molecule has 0 aliphatic rings. The Morgan fingerprint density at radius 2 is 2.09 bits per heavy atom. The molecule has 2 aromatic heterocycles. The molecule has 0 unspecified atom stereocenters. The van der Waals surface area contributed by atoms with Crippen molar-refractivity contribution in [1.82, 2.24) is 9.97 Å². The van der Waals surface area contributed by atoms with E-state index in [9.17, 15) is 0 Å². The van der Waals surface area contributed by atoms with Gasteiger partial charge < -0.3 is 14.6 Å². The van der Waals surface area contributed by atoms with Crippen LogP contribution in [0.5, 0.6) is 11.9 Å². The predicted octanol–water partition coefficient (Wildman–Crippen LogP) is 0.634. The predicted molar refractivity (Wildman–Crippen MR) is 35.1 cm³/mol. The summed E-state index contributed by atoms with van der Waals surface area (Å²) in [4.78, 5) is 6.87. The molecule has 0 saturated heterocycles. The maximum absolute atomic E-state index is 9.04. The van der Waals surface area contributed by atoms with Crippen molar-refractivity contribution in [3.8, 4) is 11.9 Å². The van der Waals surface area contributed by atoms with Crippen molar-refractivity contribution in [2.75, 3.05) is 0 Å². The standard InChI is InChI=1S/C6H4N2O3/c9-5-4-3(1-2-11-4)7-6(10)8-5/h1-2H,(H2,7,8,9,10). The van der Waals surface area contributed by atoms with Crippen molar-refractivity contribution >= 4 is 11.1 Å². The van der Waals surface area contributed by atoms with Gasteiger partial charge in [0, 0.05) is 6.07 Å². The molecule has 0 amide bonds. The van der Waals surface area contributed by atoms with E-state index in [1.54, 1.807) is 0 Å². The van der Waals surface area contributed by atoms with E-state index in [0.717, 1.165) is 0 Å². The summed E-state index contributed by atoms with van der Waals surface area (Å²) in [6.07, 6.45) is 1.36. The lowest BCUT2D eigenvalue weighted by atomic mass is 10.4. The maximum Gasteiger partial charge on any atom is 0.318 e. The Bertz CT molecular complexity index is 396. The third kappa shape index (κ3) is 0.778. The molecule has 2 heterocycles. The first kappa shape index (κ1) is 5.96. The van der Waals surface area contributed by atoms with Crippen LogP contribution in [-0.4, -0.2) is 20.2 Å². The molecule has 0 aliphatic heterocycles. The van der Waals surface area contributed by atoms with Gasteiger partial charge in [0.05, 0.1) is 6.26 Å². The number of furan rings is 1. The smallest absolute Gasteiger partial charge is 0.318 e. The van der Waals surface area contributed by atoms with Crippen LogP contribution in [0.1, 0.15) is 0 Å². The van der Waals surface area contributed by atoms with Crippen LogP contribution in [0.15, 0.2) is 16.7 Å². The summed E-state index contributed by atoms with van der Waals surface area (Å²) in [5.41, 5.74) is 0.567. The summed E-state index contributed by atoms with van der Waals surface area (Å²) < 4.78 is 4.82. The number of rotatable bonds is 0. The molecule has 11 heavy (non-hydrogen) atoms. The van der Waals surface area contributed by atoms with E-state index in [4.69, 9.17) is 14.6 Å². The van der Waals surface area contributed by atoms with Crippen molar-refractivity contribution in [2.24, 2.45) is 0 Å². The lowest BCUT2D eigenvalue weighted by molar-refractivity contribution is 0.397. The molecule has 0 radical (unpaired) electrons. The van der Waals surface area contributed by atoms with Crippen LogP contribution in [0.25, 0.3) is 11.1 Å². The average molecular weight is 152 g/mol. The molecular formula is C6H4N2O3.